The van der Waals surface area contributed by atoms with Crippen LogP contribution in [0.5, 0.6) is 0 Å². The summed E-state index contributed by atoms with van der Waals surface area (Å²) in [6.45, 7) is 0. The van der Waals surface area contributed by atoms with E-state index in [4.69, 9.17) is 10.8 Å². The van der Waals surface area contributed by atoms with Gasteiger partial charge in [-0.25, -0.2) is 0 Å². The van der Waals surface area contributed by atoms with Gasteiger partial charge in [0.1, 0.15) is 6.04 Å². The van der Waals surface area contributed by atoms with Crippen LogP contribution in [0.1, 0.15) is 6.42 Å². The minimum absolute atomic E-state index is 0. The molecule has 0 fully saturated rings. The Hall–Kier alpha value is 1.09. The summed E-state index contributed by atoms with van der Waals surface area (Å²) in [5, 5.41) is 8.27. The van der Waals surface area contributed by atoms with Gasteiger partial charge in [-0.05, 0) is 18.4 Å². The minimum atomic E-state index is -0.913. The molecule has 0 aliphatic heterocycles. The van der Waals surface area contributed by atoms with Crippen LogP contribution in [-0.2, 0) is 4.79 Å². The van der Waals surface area contributed by atoms with Crippen LogP contribution in [0, 0.1) is 0 Å². The van der Waals surface area contributed by atoms with E-state index in [2.05, 4.69) is 21.1 Å². The molecule has 3 nitrogen and oxygen atoms in total. The van der Waals surface area contributed by atoms with Crippen LogP contribution in [0.2, 0.25) is 0 Å². The van der Waals surface area contributed by atoms with Gasteiger partial charge in [-0.3, -0.25) is 4.79 Å². The summed E-state index contributed by atoms with van der Waals surface area (Å²) in [6, 6.07) is -0.683. The maximum absolute atomic E-state index is 10.1. The number of hydrogen-bond donors (Lipinski definition) is 2. The van der Waals surface area contributed by atoms with E-state index in [1.165, 1.54) is 0 Å². The van der Waals surface area contributed by atoms with Crippen molar-refractivity contribution in [2.24, 2.45) is 5.73 Å². The third-order valence-electron chi connectivity index (χ3n) is 0.950. The van der Waals surface area contributed by atoms with Crippen LogP contribution in [-0.4, -0.2) is 40.8 Å². The third kappa shape index (κ3) is 19.5. The molecule has 1 atom stereocenters. The van der Waals surface area contributed by atoms with Crippen molar-refractivity contribution in [1.82, 2.24) is 0 Å². The van der Waals surface area contributed by atoms with Crippen molar-refractivity contribution in [1.29, 1.82) is 0 Å². The summed E-state index contributed by atoms with van der Waals surface area (Å²) >= 11 is 1.65. The predicted molar refractivity (Wildman–Crippen MR) is 69.9 cm³/mol. The molecule has 0 aliphatic rings. The van der Waals surface area contributed by atoms with Gasteiger partial charge < -0.3 is 10.8 Å². The van der Waals surface area contributed by atoms with Gasteiger partial charge >= 0.3 is 38.8 Å². The molecule has 13 heavy (non-hydrogen) atoms. The summed E-state index contributed by atoms with van der Waals surface area (Å²) in [4.78, 5) is 10.1. The molecule has 0 aliphatic carbocycles. The molecule has 8 heteroatoms. The van der Waals surface area contributed by atoms with Crippen LogP contribution in [0.15, 0.2) is 0 Å². The van der Waals surface area contributed by atoms with E-state index in [9.17, 15) is 4.79 Å². The number of carboxylic acids is 1. The molecule has 0 saturated heterocycles. The van der Waals surface area contributed by atoms with Crippen molar-refractivity contribution in [2.75, 3.05) is 12.0 Å². The number of nitrogens with two attached hydrogens (primary N) is 1. The zero-order valence-corrected chi connectivity index (χ0v) is 12.2. The van der Waals surface area contributed by atoms with Gasteiger partial charge in [-0.1, -0.05) is 0 Å². The summed E-state index contributed by atoms with van der Waals surface area (Å²) in [5.74, 6) is -0.1000. The zero-order valence-electron chi connectivity index (χ0n) is 7.06. The first-order valence-corrected chi connectivity index (χ1v) is 9.24. The van der Waals surface area contributed by atoms with E-state index in [-0.39, 0.29) is 25.2 Å². The molecule has 0 saturated carbocycles. The van der Waals surface area contributed by atoms with Gasteiger partial charge in [0.25, 0.3) is 0 Å². The number of thioether (sulfide) groups is 1. The monoisotopic (exact) mass is 327 g/mol. The van der Waals surface area contributed by atoms with Crippen molar-refractivity contribution in [3.63, 3.8) is 0 Å². The number of carbonyl (C=O) groups is 1. The topological polar surface area (TPSA) is 63.3 Å². The molecule has 0 unspecified atom stereocenters. The number of rotatable bonds is 4. The van der Waals surface area contributed by atoms with Crippen molar-refractivity contribution < 1.29 is 9.90 Å². The van der Waals surface area contributed by atoms with E-state index >= 15 is 0 Å². The van der Waals surface area contributed by atoms with E-state index in [1.54, 1.807) is 11.8 Å². The Morgan fingerprint density at radius 2 is 2.08 bits per heavy atom. The molecule has 0 rings (SSSR count). The molecule has 0 aromatic carbocycles. The first kappa shape index (κ1) is 19.6. The van der Waals surface area contributed by atoms with Gasteiger partial charge in [0, 0.05) is 0 Å². The quantitative estimate of drug-likeness (QED) is 0.757. The second kappa shape index (κ2) is 15.6. The Kier molecular flexibility index (Phi) is 23.5. The van der Waals surface area contributed by atoms with Gasteiger partial charge in [-0.15, -0.1) is 0 Å². The summed E-state index contributed by atoms with van der Waals surface area (Å²) in [7, 11) is 8.54. The normalized spacial score (nSPS) is 10.0. The van der Waals surface area contributed by atoms with E-state index < -0.39 is 12.0 Å². The molecular weight excluding hydrogens is 313 g/mol. The standard InChI is InChI=1S/C5H11NO2S.S2Se.H2S/c1-9-3-2-4(6)5(7)8;1-3-2;/h4H,2-3,6H2,1H3,(H,7,8);;1H2/t4-;;/m0../s1. The fourth-order valence-electron chi connectivity index (χ4n) is 0.368. The second-order valence-electron chi connectivity index (χ2n) is 1.79. The Morgan fingerprint density at radius 1 is 1.69 bits per heavy atom. The molecule has 0 aromatic rings. The Balaban J connectivity index is -0.000000220. The second-order valence-corrected chi connectivity index (χ2v) is 5.89. The first-order valence-electron chi connectivity index (χ1n) is 2.99. The maximum atomic E-state index is 10.1. The van der Waals surface area contributed by atoms with Crippen LogP contribution < -0.4 is 5.73 Å². The molecule has 0 heterocycles. The fraction of sp³-hybridized carbons (Fsp3) is 0.800. The third-order valence-corrected chi connectivity index (χ3v) is 1.59. The molecule has 3 N–H and O–H groups in total. The number of aliphatic carboxylic acids is 1. The van der Waals surface area contributed by atoms with Gasteiger partial charge in [-0.2, -0.15) is 25.3 Å². The number of hydrogen-bond acceptors (Lipinski definition) is 5. The first-order chi connectivity index (χ1) is 5.59. The predicted octanol–water partition coefficient (Wildman–Crippen LogP) is 1.18. The molecule has 0 spiro atoms. The van der Waals surface area contributed by atoms with Crippen LogP contribution in [0.25, 0.3) is 0 Å². The van der Waals surface area contributed by atoms with E-state index in [1.807, 2.05) is 6.26 Å². The van der Waals surface area contributed by atoms with Crippen LogP contribution >= 0.6 is 46.4 Å². The summed E-state index contributed by atoms with van der Waals surface area (Å²) in [6.07, 6.45) is 2.48. The molecule has 0 bridgehead atoms. The van der Waals surface area contributed by atoms with Gasteiger partial charge in [0.15, 0.2) is 0 Å². The van der Waals surface area contributed by atoms with E-state index in [0.717, 1.165) is 5.75 Å². The average molecular weight is 326 g/mol. The van der Waals surface area contributed by atoms with Crippen molar-refractivity contribution in [2.45, 2.75) is 12.5 Å². The van der Waals surface area contributed by atoms with Crippen LogP contribution in [0.3, 0.4) is 0 Å². The van der Waals surface area contributed by atoms with Crippen molar-refractivity contribution >= 4 is 64.0 Å². The molecule has 0 amide bonds. The Bertz CT molecular complexity index is 163. The zero-order chi connectivity index (χ0) is 9.98. The molecule has 0 aromatic heterocycles. The van der Waals surface area contributed by atoms with Crippen molar-refractivity contribution in [3.8, 4) is 0 Å². The van der Waals surface area contributed by atoms with Crippen molar-refractivity contribution in [3.05, 3.63) is 0 Å². The summed E-state index contributed by atoms with van der Waals surface area (Å²) < 4.78 is 0. The van der Waals surface area contributed by atoms with Gasteiger partial charge in [0.05, 0.1) is 0 Å². The van der Waals surface area contributed by atoms with Crippen LogP contribution in [0.4, 0.5) is 0 Å². The molecule has 0 radical (unpaired) electrons. The van der Waals surface area contributed by atoms with E-state index in [0.29, 0.717) is 6.42 Å². The fourth-order valence-corrected chi connectivity index (χ4v) is 0.858. The summed E-state index contributed by atoms with van der Waals surface area (Å²) in [5.41, 5.74) is 5.19. The Morgan fingerprint density at radius 3 is 2.31 bits per heavy atom. The average Bonchev–Trinajstić information content (AvgIpc) is 2.01. The molecule has 80 valence electrons. The Labute approximate surface area is 104 Å². The molecular formula is C5H13NO2S4Se. The van der Waals surface area contributed by atoms with Gasteiger partial charge in [0.2, 0.25) is 0 Å². The number of carboxylic acid groups (broad SMARTS) is 1. The SMILES string of the molecule is CSCC[C@H](N)C(=O)O.S.S=[Se]=S.